The van der Waals surface area contributed by atoms with E-state index in [2.05, 4.69) is 0 Å². The van der Waals surface area contributed by atoms with E-state index in [1.54, 1.807) is 13.8 Å². The maximum Gasteiger partial charge on any atom is 0.388 e. The summed E-state index contributed by atoms with van der Waals surface area (Å²) in [6.45, 7) is 4.03. The monoisotopic (exact) mass is 260 g/mol. The van der Waals surface area contributed by atoms with Gasteiger partial charge in [0, 0.05) is 0 Å². The van der Waals surface area contributed by atoms with Crippen molar-refractivity contribution in [2.24, 2.45) is 0 Å². The Morgan fingerprint density at radius 3 is 2.00 bits per heavy atom. The number of hydrogen-bond acceptors (Lipinski definition) is 5. The molecule has 0 spiro atoms. The SMILES string of the molecule is CCOOP(=O)(Cc1ccccc1)OOCC. The van der Waals surface area contributed by atoms with Crippen LogP contribution in [0.2, 0.25) is 0 Å². The van der Waals surface area contributed by atoms with E-state index in [4.69, 9.17) is 19.1 Å². The van der Waals surface area contributed by atoms with Crippen molar-refractivity contribution in [2.75, 3.05) is 13.2 Å². The van der Waals surface area contributed by atoms with Gasteiger partial charge in [0.1, 0.15) is 0 Å². The van der Waals surface area contributed by atoms with Crippen molar-refractivity contribution in [1.82, 2.24) is 0 Å². The molecule has 0 saturated heterocycles. The Morgan fingerprint density at radius 1 is 1.00 bits per heavy atom. The normalized spacial score (nSPS) is 11.6. The highest BCUT2D eigenvalue weighted by atomic mass is 31.2. The first kappa shape index (κ1) is 14.4. The van der Waals surface area contributed by atoms with Crippen LogP contribution in [-0.4, -0.2) is 13.2 Å². The minimum atomic E-state index is -3.42. The minimum absolute atomic E-state index is 0.105. The zero-order valence-corrected chi connectivity index (χ0v) is 10.9. The van der Waals surface area contributed by atoms with Crippen molar-refractivity contribution in [1.29, 1.82) is 0 Å². The summed E-state index contributed by atoms with van der Waals surface area (Å²) in [6, 6.07) is 9.23. The Hall–Kier alpha value is -0.710. The number of hydrogen-bond donors (Lipinski definition) is 0. The van der Waals surface area contributed by atoms with Crippen molar-refractivity contribution in [3.8, 4) is 0 Å². The molecule has 96 valence electrons. The second-order valence-corrected chi connectivity index (χ2v) is 5.05. The first-order valence-electron chi connectivity index (χ1n) is 5.45. The second kappa shape index (κ2) is 7.58. The zero-order chi connectivity index (χ0) is 12.6. The fraction of sp³-hybridized carbons (Fsp3) is 0.455. The van der Waals surface area contributed by atoms with Gasteiger partial charge in [0.25, 0.3) is 0 Å². The lowest BCUT2D eigenvalue weighted by molar-refractivity contribution is -0.263. The van der Waals surface area contributed by atoms with Gasteiger partial charge in [-0.3, -0.25) is 4.57 Å². The third-order valence-corrected chi connectivity index (χ3v) is 3.20. The molecule has 0 fully saturated rings. The molecule has 0 atom stereocenters. The van der Waals surface area contributed by atoms with Crippen LogP contribution >= 0.6 is 7.60 Å². The van der Waals surface area contributed by atoms with Crippen molar-refractivity contribution in [3.05, 3.63) is 35.9 Å². The molecular formula is C11H17O5P. The second-order valence-electron chi connectivity index (χ2n) is 3.22. The van der Waals surface area contributed by atoms with Crippen LogP contribution in [-0.2, 0) is 29.9 Å². The van der Waals surface area contributed by atoms with Gasteiger partial charge in [0.15, 0.2) is 0 Å². The van der Waals surface area contributed by atoms with Gasteiger partial charge in [-0.2, -0.15) is 0 Å². The van der Waals surface area contributed by atoms with Crippen molar-refractivity contribution in [3.63, 3.8) is 0 Å². The minimum Gasteiger partial charge on any atom is -0.255 e. The summed E-state index contributed by atoms with van der Waals surface area (Å²) < 4.78 is 21.8. The molecule has 0 aliphatic carbocycles. The van der Waals surface area contributed by atoms with E-state index < -0.39 is 7.60 Å². The average molecular weight is 260 g/mol. The third kappa shape index (κ3) is 5.44. The summed E-state index contributed by atoms with van der Waals surface area (Å²) in [7, 11) is -3.42. The van der Waals surface area contributed by atoms with Gasteiger partial charge >= 0.3 is 7.60 Å². The van der Waals surface area contributed by atoms with Crippen LogP contribution in [0, 0.1) is 0 Å². The Bertz CT molecular complexity index is 342. The van der Waals surface area contributed by atoms with Gasteiger partial charge in [0.2, 0.25) is 0 Å². The van der Waals surface area contributed by atoms with Crippen LogP contribution in [0.15, 0.2) is 30.3 Å². The highest BCUT2D eigenvalue weighted by molar-refractivity contribution is 7.52. The molecular weight excluding hydrogens is 243 g/mol. The number of benzene rings is 1. The molecule has 0 N–H and O–H groups in total. The largest absolute Gasteiger partial charge is 0.388 e. The molecule has 0 aromatic heterocycles. The molecule has 1 rings (SSSR count). The van der Waals surface area contributed by atoms with Crippen LogP contribution in [0.25, 0.3) is 0 Å². The zero-order valence-electron chi connectivity index (χ0n) is 10.00. The predicted octanol–water partition coefficient (Wildman–Crippen LogP) is 3.32. The van der Waals surface area contributed by atoms with Gasteiger partial charge in [-0.25, -0.2) is 9.78 Å². The van der Waals surface area contributed by atoms with E-state index in [1.165, 1.54) is 0 Å². The molecule has 0 amide bonds. The van der Waals surface area contributed by atoms with Gasteiger partial charge in [-0.05, 0) is 19.4 Å². The quantitative estimate of drug-likeness (QED) is 0.407. The van der Waals surface area contributed by atoms with E-state index >= 15 is 0 Å². The average Bonchev–Trinajstić information content (AvgIpc) is 2.35. The summed E-state index contributed by atoms with van der Waals surface area (Å²) in [5.41, 5.74) is 0.829. The van der Waals surface area contributed by atoms with E-state index in [0.29, 0.717) is 0 Å². The molecule has 0 bridgehead atoms. The first-order chi connectivity index (χ1) is 8.20. The van der Waals surface area contributed by atoms with Crippen LogP contribution < -0.4 is 0 Å². The van der Waals surface area contributed by atoms with Crippen molar-refractivity contribution < 1.29 is 23.7 Å². The highest BCUT2D eigenvalue weighted by Crippen LogP contribution is 2.51. The summed E-state index contributed by atoms with van der Waals surface area (Å²) >= 11 is 0. The Labute approximate surface area is 101 Å². The molecule has 5 nitrogen and oxygen atoms in total. The summed E-state index contributed by atoms with van der Waals surface area (Å²) in [4.78, 5) is 9.40. The third-order valence-electron chi connectivity index (χ3n) is 1.79. The summed E-state index contributed by atoms with van der Waals surface area (Å²) in [5, 5.41) is 0. The summed E-state index contributed by atoms with van der Waals surface area (Å²) in [5.74, 6) is 0. The van der Waals surface area contributed by atoms with E-state index in [1.807, 2.05) is 30.3 Å². The lowest BCUT2D eigenvalue weighted by Crippen LogP contribution is -2.01. The van der Waals surface area contributed by atoms with Crippen LogP contribution in [0.4, 0.5) is 0 Å². The Balaban J connectivity index is 2.65. The molecule has 0 heterocycles. The molecule has 6 heteroatoms. The molecule has 0 unspecified atom stereocenters. The van der Waals surface area contributed by atoms with Crippen LogP contribution in [0.1, 0.15) is 19.4 Å². The fourth-order valence-electron chi connectivity index (χ4n) is 1.14. The van der Waals surface area contributed by atoms with Gasteiger partial charge in [-0.1, -0.05) is 30.3 Å². The molecule has 0 aliphatic rings. The number of rotatable bonds is 8. The lowest BCUT2D eigenvalue weighted by atomic mass is 10.2. The van der Waals surface area contributed by atoms with Crippen molar-refractivity contribution in [2.45, 2.75) is 20.0 Å². The fourth-order valence-corrected chi connectivity index (χ4v) is 2.46. The van der Waals surface area contributed by atoms with Gasteiger partial charge < -0.3 is 0 Å². The standard InChI is InChI=1S/C11H17O5P/c1-3-13-15-17(12,16-14-4-2)10-11-8-6-5-7-9-11/h5-9H,3-4,10H2,1-2H3. The molecule has 17 heavy (non-hydrogen) atoms. The topological polar surface area (TPSA) is 54.0 Å². The van der Waals surface area contributed by atoms with Crippen LogP contribution in [0.5, 0.6) is 0 Å². The predicted molar refractivity (Wildman–Crippen MR) is 63.2 cm³/mol. The molecule has 1 aromatic rings. The Kier molecular flexibility index (Phi) is 6.40. The van der Waals surface area contributed by atoms with Crippen LogP contribution in [0.3, 0.4) is 0 Å². The molecule has 0 aliphatic heterocycles. The smallest absolute Gasteiger partial charge is 0.255 e. The van der Waals surface area contributed by atoms with Crippen molar-refractivity contribution >= 4 is 7.60 Å². The molecule has 1 aromatic carbocycles. The van der Waals surface area contributed by atoms with E-state index in [0.717, 1.165) is 5.56 Å². The Morgan fingerprint density at radius 2 is 1.53 bits per heavy atom. The molecule has 0 radical (unpaired) electrons. The van der Waals surface area contributed by atoms with Gasteiger partial charge in [-0.15, -0.1) is 9.35 Å². The first-order valence-corrected chi connectivity index (χ1v) is 7.18. The van der Waals surface area contributed by atoms with E-state index in [9.17, 15) is 4.57 Å². The van der Waals surface area contributed by atoms with Gasteiger partial charge in [0.05, 0.1) is 19.4 Å². The molecule has 0 saturated carbocycles. The maximum absolute atomic E-state index is 12.2. The summed E-state index contributed by atoms with van der Waals surface area (Å²) in [6.07, 6.45) is 0.105. The maximum atomic E-state index is 12.2. The van der Waals surface area contributed by atoms with E-state index in [-0.39, 0.29) is 19.4 Å². The lowest BCUT2D eigenvalue weighted by Gasteiger charge is -2.15. The highest BCUT2D eigenvalue weighted by Gasteiger charge is 2.28.